The van der Waals surface area contributed by atoms with Gasteiger partial charge in [0.2, 0.25) is 5.95 Å². The maximum atomic E-state index is 12.9. The van der Waals surface area contributed by atoms with E-state index >= 15 is 0 Å². The molecule has 0 aliphatic carbocycles. The third-order valence-electron chi connectivity index (χ3n) is 1.55. The van der Waals surface area contributed by atoms with Gasteiger partial charge < -0.3 is 4.98 Å². The smallest absolute Gasteiger partial charge is 0.271 e. The molecule has 0 unspecified atom stereocenters. The van der Waals surface area contributed by atoms with Gasteiger partial charge in [0.05, 0.1) is 0 Å². The molecule has 2 aromatic heterocycles. The van der Waals surface area contributed by atoms with Gasteiger partial charge in [-0.3, -0.25) is 10.1 Å². The number of carbonyl (C=O) groups is 1. The summed E-state index contributed by atoms with van der Waals surface area (Å²) in [5.74, 6) is -0.700. The van der Waals surface area contributed by atoms with E-state index < -0.39 is 11.7 Å². The summed E-state index contributed by atoms with van der Waals surface area (Å²) in [6.07, 6.45) is 3.07. The highest BCUT2D eigenvalue weighted by atomic mass is 32.1. The summed E-state index contributed by atoms with van der Waals surface area (Å²) in [7, 11) is 0. The van der Waals surface area contributed by atoms with Crippen LogP contribution < -0.4 is 5.32 Å². The van der Waals surface area contributed by atoms with E-state index in [1.54, 1.807) is 6.20 Å². The first-order valence-electron chi connectivity index (χ1n) is 3.81. The number of nitrogens with zero attached hydrogens (tertiary/aromatic N) is 1. The molecule has 6 heteroatoms. The normalized spacial score (nSPS) is 10.1. The Hall–Kier alpha value is -1.69. The number of imidazole rings is 1. The number of aromatic amines is 1. The van der Waals surface area contributed by atoms with Crippen molar-refractivity contribution in [3.8, 4) is 0 Å². The largest absolute Gasteiger partial charge is 0.331 e. The van der Waals surface area contributed by atoms with Crippen LogP contribution in [0.5, 0.6) is 0 Å². The van der Waals surface area contributed by atoms with Gasteiger partial charge >= 0.3 is 0 Å². The van der Waals surface area contributed by atoms with Gasteiger partial charge in [0.15, 0.2) is 0 Å². The minimum atomic E-state index is -0.515. The molecular formula is C8H6FN3OS. The molecule has 0 aliphatic rings. The second kappa shape index (κ2) is 3.59. The fourth-order valence-corrected chi connectivity index (χ4v) is 1.62. The van der Waals surface area contributed by atoms with E-state index in [2.05, 4.69) is 15.3 Å². The number of halogens is 1. The summed E-state index contributed by atoms with van der Waals surface area (Å²) in [5.41, 5.74) is 0. The highest BCUT2D eigenvalue weighted by Gasteiger charge is 2.13. The fourth-order valence-electron chi connectivity index (χ4n) is 0.954. The first kappa shape index (κ1) is 8.89. The summed E-state index contributed by atoms with van der Waals surface area (Å²) < 4.78 is 12.9. The minimum absolute atomic E-state index is 0.0569. The van der Waals surface area contributed by atoms with Crippen LogP contribution in [0.2, 0.25) is 0 Å². The molecule has 72 valence electrons. The quantitative estimate of drug-likeness (QED) is 0.796. The monoisotopic (exact) mass is 211 g/mol. The second-order valence-electron chi connectivity index (χ2n) is 2.49. The lowest BCUT2D eigenvalue weighted by Gasteiger charge is -1.98. The third-order valence-corrected chi connectivity index (χ3v) is 2.44. The van der Waals surface area contributed by atoms with E-state index in [4.69, 9.17) is 0 Å². The molecule has 0 aromatic carbocycles. The van der Waals surface area contributed by atoms with E-state index in [1.165, 1.54) is 17.6 Å². The number of aromatic nitrogens is 2. The molecule has 4 nitrogen and oxygen atoms in total. The van der Waals surface area contributed by atoms with Gasteiger partial charge in [-0.1, -0.05) is 0 Å². The standard InChI is InChI=1S/C8H6FN3OS/c9-5-1-4-14-6(5)7(13)12-8-10-2-3-11-8/h1-4H,(H2,10,11,12,13). The topological polar surface area (TPSA) is 57.8 Å². The summed E-state index contributed by atoms with van der Waals surface area (Å²) in [4.78, 5) is 17.9. The van der Waals surface area contributed by atoms with Gasteiger partial charge in [-0.15, -0.1) is 11.3 Å². The molecule has 1 amide bonds. The van der Waals surface area contributed by atoms with Gasteiger partial charge in [0.25, 0.3) is 5.91 Å². The molecular weight excluding hydrogens is 205 g/mol. The van der Waals surface area contributed by atoms with Gasteiger partial charge in [0.1, 0.15) is 10.7 Å². The second-order valence-corrected chi connectivity index (χ2v) is 3.41. The third kappa shape index (κ3) is 1.64. The first-order chi connectivity index (χ1) is 6.77. The molecule has 14 heavy (non-hydrogen) atoms. The minimum Gasteiger partial charge on any atom is -0.331 e. The van der Waals surface area contributed by atoms with Crippen molar-refractivity contribution in [2.75, 3.05) is 5.32 Å². The van der Waals surface area contributed by atoms with Crippen molar-refractivity contribution in [1.82, 2.24) is 9.97 Å². The van der Waals surface area contributed by atoms with Crippen molar-refractivity contribution in [2.24, 2.45) is 0 Å². The van der Waals surface area contributed by atoms with Crippen LogP contribution in [0.3, 0.4) is 0 Å². The van der Waals surface area contributed by atoms with Crippen LogP contribution in [0.25, 0.3) is 0 Å². The molecule has 2 N–H and O–H groups in total. The number of thiophene rings is 1. The Morgan fingerprint density at radius 3 is 3.07 bits per heavy atom. The van der Waals surface area contributed by atoms with Crippen LogP contribution in [-0.2, 0) is 0 Å². The van der Waals surface area contributed by atoms with Crippen molar-refractivity contribution in [3.63, 3.8) is 0 Å². The molecule has 0 saturated carbocycles. The molecule has 0 fully saturated rings. The number of nitrogens with one attached hydrogen (secondary N) is 2. The molecule has 0 radical (unpaired) electrons. The van der Waals surface area contributed by atoms with Gasteiger partial charge in [-0.2, -0.15) is 0 Å². The lowest BCUT2D eigenvalue weighted by Crippen LogP contribution is -2.12. The zero-order chi connectivity index (χ0) is 9.97. The van der Waals surface area contributed by atoms with Crippen molar-refractivity contribution in [1.29, 1.82) is 0 Å². The Kier molecular flexibility index (Phi) is 2.28. The van der Waals surface area contributed by atoms with E-state index in [-0.39, 0.29) is 4.88 Å². The lowest BCUT2D eigenvalue weighted by atomic mass is 10.4. The number of H-pyrrole nitrogens is 1. The maximum absolute atomic E-state index is 12.9. The van der Waals surface area contributed by atoms with Gasteiger partial charge in [0, 0.05) is 12.4 Å². The Labute approximate surface area is 82.8 Å². The highest BCUT2D eigenvalue weighted by molar-refractivity contribution is 7.12. The van der Waals surface area contributed by atoms with E-state index in [1.807, 2.05) is 0 Å². The maximum Gasteiger partial charge on any atom is 0.271 e. The molecule has 2 heterocycles. The SMILES string of the molecule is O=C(Nc1ncc[nH]1)c1sccc1F. The summed E-state index contributed by atoms with van der Waals surface area (Å²) in [5, 5.41) is 3.95. The van der Waals surface area contributed by atoms with Gasteiger partial charge in [-0.05, 0) is 11.4 Å². The fraction of sp³-hybridized carbons (Fsp3) is 0. The van der Waals surface area contributed by atoms with E-state index in [0.29, 0.717) is 5.95 Å². The summed E-state index contributed by atoms with van der Waals surface area (Å²) in [6.45, 7) is 0. The van der Waals surface area contributed by atoms with Crippen LogP contribution >= 0.6 is 11.3 Å². The molecule has 2 aromatic rings. The van der Waals surface area contributed by atoms with Gasteiger partial charge in [-0.25, -0.2) is 9.37 Å². The number of amides is 1. The molecule has 0 atom stereocenters. The van der Waals surface area contributed by atoms with Crippen molar-refractivity contribution in [3.05, 3.63) is 34.5 Å². The highest BCUT2D eigenvalue weighted by Crippen LogP contribution is 2.15. The molecule has 0 saturated heterocycles. The van der Waals surface area contributed by atoms with Crippen molar-refractivity contribution >= 4 is 23.2 Å². The molecule has 0 aliphatic heterocycles. The average molecular weight is 211 g/mol. The molecule has 2 rings (SSSR count). The van der Waals surface area contributed by atoms with Crippen LogP contribution in [0.4, 0.5) is 10.3 Å². The predicted molar refractivity (Wildman–Crippen MR) is 50.8 cm³/mol. The molecule has 0 bridgehead atoms. The van der Waals surface area contributed by atoms with Crippen LogP contribution in [0.15, 0.2) is 23.8 Å². The average Bonchev–Trinajstić information content (AvgIpc) is 2.75. The summed E-state index contributed by atoms with van der Waals surface area (Å²) in [6, 6.07) is 1.25. The summed E-state index contributed by atoms with van der Waals surface area (Å²) >= 11 is 1.05. The number of hydrogen-bond acceptors (Lipinski definition) is 3. The lowest BCUT2D eigenvalue weighted by molar-refractivity contribution is 0.102. The van der Waals surface area contributed by atoms with E-state index in [9.17, 15) is 9.18 Å². The number of hydrogen-bond donors (Lipinski definition) is 2. The first-order valence-corrected chi connectivity index (χ1v) is 4.69. The van der Waals surface area contributed by atoms with Crippen molar-refractivity contribution in [2.45, 2.75) is 0 Å². The number of carbonyl (C=O) groups excluding carboxylic acids is 1. The Balaban J connectivity index is 2.14. The van der Waals surface area contributed by atoms with Crippen LogP contribution in [-0.4, -0.2) is 15.9 Å². The zero-order valence-corrected chi connectivity index (χ0v) is 7.77. The van der Waals surface area contributed by atoms with Crippen molar-refractivity contribution < 1.29 is 9.18 Å². The Morgan fingerprint density at radius 1 is 1.64 bits per heavy atom. The number of anilines is 1. The zero-order valence-electron chi connectivity index (χ0n) is 6.95. The molecule has 0 spiro atoms. The van der Waals surface area contributed by atoms with Crippen LogP contribution in [0, 0.1) is 5.82 Å². The van der Waals surface area contributed by atoms with Crippen LogP contribution in [0.1, 0.15) is 9.67 Å². The Morgan fingerprint density at radius 2 is 2.50 bits per heavy atom. The van der Waals surface area contributed by atoms with E-state index in [0.717, 1.165) is 11.3 Å². The number of rotatable bonds is 2. The Bertz CT molecular complexity index is 437. The predicted octanol–water partition coefficient (Wildman–Crippen LogP) is 1.86.